The van der Waals surface area contributed by atoms with E-state index in [0.717, 1.165) is 29.7 Å². The SMILES string of the molecule is CCCn1ncc(Br)c1C(NCC)c1scnc1C. The first-order valence-corrected chi connectivity index (χ1v) is 8.20. The van der Waals surface area contributed by atoms with E-state index in [1.54, 1.807) is 11.3 Å². The summed E-state index contributed by atoms with van der Waals surface area (Å²) in [6.07, 6.45) is 2.95. The van der Waals surface area contributed by atoms with Gasteiger partial charge in [0.1, 0.15) is 0 Å². The fourth-order valence-electron chi connectivity index (χ4n) is 2.15. The highest BCUT2D eigenvalue weighted by Crippen LogP contribution is 2.32. The summed E-state index contributed by atoms with van der Waals surface area (Å²) in [6.45, 7) is 8.19. The molecule has 0 saturated carbocycles. The number of aryl methyl sites for hydroxylation is 2. The van der Waals surface area contributed by atoms with Crippen molar-refractivity contribution in [3.8, 4) is 0 Å². The first-order valence-electron chi connectivity index (χ1n) is 6.53. The minimum absolute atomic E-state index is 0.154. The number of hydrogen-bond donors (Lipinski definition) is 1. The van der Waals surface area contributed by atoms with Crippen LogP contribution in [0.3, 0.4) is 0 Å². The summed E-state index contributed by atoms with van der Waals surface area (Å²) in [4.78, 5) is 5.63. The Hall–Kier alpha value is -0.720. The molecule has 2 aromatic heterocycles. The van der Waals surface area contributed by atoms with E-state index >= 15 is 0 Å². The van der Waals surface area contributed by atoms with Crippen LogP contribution in [0.15, 0.2) is 16.2 Å². The largest absolute Gasteiger partial charge is 0.304 e. The van der Waals surface area contributed by atoms with Gasteiger partial charge in [0.05, 0.1) is 38.5 Å². The molecule has 0 bridgehead atoms. The summed E-state index contributed by atoms with van der Waals surface area (Å²) in [6, 6.07) is 0.154. The van der Waals surface area contributed by atoms with Crippen LogP contribution in [0.1, 0.15) is 42.6 Å². The average molecular weight is 343 g/mol. The van der Waals surface area contributed by atoms with Gasteiger partial charge in [-0.15, -0.1) is 11.3 Å². The van der Waals surface area contributed by atoms with Crippen LogP contribution >= 0.6 is 27.3 Å². The Morgan fingerprint density at radius 1 is 1.47 bits per heavy atom. The summed E-state index contributed by atoms with van der Waals surface area (Å²) in [7, 11) is 0. The maximum absolute atomic E-state index is 4.46. The number of aromatic nitrogens is 3. The van der Waals surface area contributed by atoms with Crippen molar-refractivity contribution in [2.24, 2.45) is 0 Å². The molecule has 0 aromatic carbocycles. The van der Waals surface area contributed by atoms with Crippen molar-refractivity contribution in [1.82, 2.24) is 20.1 Å². The van der Waals surface area contributed by atoms with Gasteiger partial charge in [-0.1, -0.05) is 13.8 Å². The topological polar surface area (TPSA) is 42.7 Å². The zero-order valence-electron chi connectivity index (χ0n) is 11.5. The normalized spacial score (nSPS) is 12.8. The van der Waals surface area contributed by atoms with Crippen molar-refractivity contribution in [2.75, 3.05) is 6.54 Å². The third-order valence-electron chi connectivity index (χ3n) is 3.00. The van der Waals surface area contributed by atoms with Crippen molar-refractivity contribution in [3.05, 3.63) is 32.4 Å². The molecule has 0 saturated heterocycles. The molecule has 2 rings (SSSR count). The number of rotatable bonds is 6. The number of nitrogens with zero attached hydrogens (tertiary/aromatic N) is 3. The lowest BCUT2D eigenvalue weighted by Crippen LogP contribution is -2.25. The molecule has 1 N–H and O–H groups in total. The van der Waals surface area contributed by atoms with E-state index in [-0.39, 0.29) is 6.04 Å². The van der Waals surface area contributed by atoms with Gasteiger partial charge in [0, 0.05) is 6.54 Å². The molecule has 6 heteroatoms. The zero-order valence-corrected chi connectivity index (χ0v) is 13.9. The van der Waals surface area contributed by atoms with Gasteiger partial charge in [-0.3, -0.25) is 4.68 Å². The van der Waals surface area contributed by atoms with E-state index in [1.165, 1.54) is 10.6 Å². The summed E-state index contributed by atoms with van der Waals surface area (Å²) in [5, 5.41) is 8.01. The second-order valence-electron chi connectivity index (χ2n) is 4.39. The number of thiazole rings is 1. The van der Waals surface area contributed by atoms with E-state index in [0.29, 0.717) is 0 Å². The van der Waals surface area contributed by atoms with Crippen LogP contribution in [0, 0.1) is 6.92 Å². The molecule has 2 aromatic rings. The van der Waals surface area contributed by atoms with Crippen LogP contribution < -0.4 is 5.32 Å². The third kappa shape index (κ3) is 3.07. The number of hydrogen-bond acceptors (Lipinski definition) is 4. The molecular weight excluding hydrogens is 324 g/mol. The lowest BCUT2D eigenvalue weighted by atomic mass is 10.1. The van der Waals surface area contributed by atoms with E-state index in [4.69, 9.17) is 0 Å². The molecule has 0 amide bonds. The van der Waals surface area contributed by atoms with Gasteiger partial charge in [0.15, 0.2) is 0 Å². The molecule has 4 nitrogen and oxygen atoms in total. The van der Waals surface area contributed by atoms with Crippen LogP contribution in [0.5, 0.6) is 0 Å². The van der Waals surface area contributed by atoms with Gasteiger partial charge < -0.3 is 5.32 Å². The van der Waals surface area contributed by atoms with Crippen molar-refractivity contribution in [3.63, 3.8) is 0 Å². The molecule has 0 radical (unpaired) electrons. The molecular formula is C13H19BrN4S. The molecule has 1 unspecified atom stereocenters. The van der Waals surface area contributed by atoms with E-state index in [1.807, 2.05) is 11.7 Å². The van der Waals surface area contributed by atoms with E-state index in [2.05, 4.69) is 56.8 Å². The lowest BCUT2D eigenvalue weighted by Gasteiger charge is -2.19. The highest BCUT2D eigenvalue weighted by Gasteiger charge is 2.23. The fourth-order valence-corrected chi connectivity index (χ4v) is 3.56. The molecule has 19 heavy (non-hydrogen) atoms. The van der Waals surface area contributed by atoms with Gasteiger partial charge in [-0.05, 0) is 35.8 Å². The van der Waals surface area contributed by atoms with E-state index < -0.39 is 0 Å². The summed E-state index contributed by atoms with van der Waals surface area (Å²) < 4.78 is 3.14. The Bertz CT molecular complexity index is 534. The average Bonchev–Trinajstić information content (AvgIpc) is 2.95. The van der Waals surface area contributed by atoms with Crippen molar-refractivity contribution >= 4 is 27.3 Å². The molecule has 0 aliphatic heterocycles. The Morgan fingerprint density at radius 3 is 2.84 bits per heavy atom. The van der Waals surface area contributed by atoms with Crippen molar-refractivity contribution < 1.29 is 0 Å². The molecule has 1 atom stereocenters. The molecule has 104 valence electrons. The molecule has 0 aliphatic carbocycles. The minimum atomic E-state index is 0.154. The van der Waals surface area contributed by atoms with Crippen LogP contribution in [-0.4, -0.2) is 21.3 Å². The summed E-state index contributed by atoms with van der Waals surface area (Å²) >= 11 is 5.32. The van der Waals surface area contributed by atoms with Crippen molar-refractivity contribution in [2.45, 2.75) is 39.8 Å². The fraction of sp³-hybridized carbons (Fsp3) is 0.538. The van der Waals surface area contributed by atoms with Crippen LogP contribution in [-0.2, 0) is 6.54 Å². The second-order valence-corrected chi connectivity index (χ2v) is 6.13. The first-order chi connectivity index (χ1) is 9.19. The second kappa shape index (κ2) is 6.63. The summed E-state index contributed by atoms with van der Waals surface area (Å²) in [5.41, 5.74) is 4.19. The predicted molar refractivity (Wildman–Crippen MR) is 82.6 cm³/mol. The Balaban J connectivity index is 2.44. The van der Waals surface area contributed by atoms with Gasteiger partial charge in [-0.25, -0.2) is 4.98 Å². The molecule has 2 heterocycles. The lowest BCUT2D eigenvalue weighted by molar-refractivity contribution is 0.521. The molecule has 0 fully saturated rings. The van der Waals surface area contributed by atoms with Gasteiger partial charge in [0.2, 0.25) is 0 Å². The summed E-state index contributed by atoms with van der Waals surface area (Å²) in [5.74, 6) is 0. The van der Waals surface area contributed by atoms with Crippen molar-refractivity contribution in [1.29, 1.82) is 0 Å². The van der Waals surface area contributed by atoms with Crippen LogP contribution in [0.2, 0.25) is 0 Å². The smallest absolute Gasteiger partial charge is 0.0872 e. The standard InChI is InChI=1S/C13H19BrN4S/c1-4-6-18-12(10(14)7-17-18)11(15-5-2)13-9(3)16-8-19-13/h7-8,11,15H,4-6H2,1-3H3. The van der Waals surface area contributed by atoms with Gasteiger partial charge >= 0.3 is 0 Å². The quantitative estimate of drug-likeness (QED) is 0.873. The van der Waals surface area contributed by atoms with E-state index in [9.17, 15) is 0 Å². The number of halogens is 1. The van der Waals surface area contributed by atoms with Gasteiger partial charge in [0.25, 0.3) is 0 Å². The highest BCUT2D eigenvalue weighted by atomic mass is 79.9. The Morgan fingerprint density at radius 2 is 2.26 bits per heavy atom. The third-order valence-corrected chi connectivity index (χ3v) is 4.60. The zero-order chi connectivity index (χ0) is 13.8. The first kappa shape index (κ1) is 14.7. The Labute approximate surface area is 126 Å². The van der Waals surface area contributed by atoms with Gasteiger partial charge in [-0.2, -0.15) is 5.10 Å². The monoisotopic (exact) mass is 342 g/mol. The molecule has 0 spiro atoms. The van der Waals surface area contributed by atoms with Crippen LogP contribution in [0.4, 0.5) is 0 Å². The Kier molecular flexibility index (Phi) is 5.13. The maximum atomic E-state index is 4.46. The molecule has 0 aliphatic rings. The predicted octanol–water partition coefficient (Wildman–Crippen LogP) is 3.52. The number of nitrogens with one attached hydrogen (secondary N) is 1. The highest BCUT2D eigenvalue weighted by molar-refractivity contribution is 9.10. The maximum Gasteiger partial charge on any atom is 0.0872 e. The van der Waals surface area contributed by atoms with Crippen LogP contribution in [0.25, 0.3) is 0 Å². The minimum Gasteiger partial charge on any atom is -0.304 e.